The van der Waals surface area contributed by atoms with Crippen LogP contribution in [0.5, 0.6) is 0 Å². The first-order valence-corrected chi connectivity index (χ1v) is 6.41. The molecule has 2 unspecified atom stereocenters. The van der Waals surface area contributed by atoms with E-state index in [1.807, 2.05) is 6.92 Å². The van der Waals surface area contributed by atoms with E-state index in [0.717, 1.165) is 19.4 Å². The molecule has 4 nitrogen and oxygen atoms in total. The molecule has 2 atom stereocenters. The second kappa shape index (κ2) is 4.66. The lowest BCUT2D eigenvalue weighted by molar-refractivity contribution is -0.135. The molecule has 4 heteroatoms. The van der Waals surface area contributed by atoms with Gasteiger partial charge < -0.3 is 10.1 Å². The number of nitrogens with zero attached hydrogens (tertiary/aromatic N) is 1. The Morgan fingerprint density at radius 3 is 2.76 bits per heavy atom. The number of ether oxygens (including phenoxy) is 1. The largest absolute Gasteiger partial charge is 0.376 e. The average Bonchev–Trinajstić information content (AvgIpc) is 2.77. The third kappa shape index (κ3) is 2.30. The zero-order valence-electron chi connectivity index (χ0n) is 10.5. The summed E-state index contributed by atoms with van der Waals surface area (Å²) in [4.78, 5) is 12.1. The molecule has 0 radical (unpaired) electrons. The first-order valence-electron chi connectivity index (χ1n) is 6.41. The molecule has 1 aliphatic heterocycles. The van der Waals surface area contributed by atoms with Gasteiger partial charge in [-0.2, -0.15) is 5.26 Å². The van der Waals surface area contributed by atoms with Crippen LogP contribution < -0.4 is 5.32 Å². The van der Waals surface area contributed by atoms with Crippen molar-refractivity contribution in [3.8, 4) is 6.07 Å². The number of carbonyl (C=O) groups excluding carboxylic acids is 1. The van der Waals surface area contributed by atoms with Crippen molar-refractivity contribution < 1.29 is 9.53 Å². The summed E-state index contributed by atoms with van der Waals surface area (Å²) in [6, 6.07) is 2.19. The number of hydrogen-bond acceptors (Lipinski definition) is 3. The maximum atomic E-state index is 12.1. The van der Waals surface area contributed by atoms with E-state index < -0.39 is 5.41 Å². The fraction of sp³-hybridized carbons (Fsp3) is 0.846. The molecule has 17 heavy (non-hydrogen) atoms. The molecule has 1 saturated carbocycles. The van der Waals surface area contributed by atoms with Crippen LogP contribution in [0.1, 0.15) is 39.5 Å². The molecule has 1 amide bonds. The van der Waals surface area contributed by atoms with Crippen molar-refractivity contribution in [2.45, 2.75) is 51.7 Å². The number of hydrogen-bond donors (Lipinski definition) is 1. The van der Waals surface area contributed by atoms with Crippen molar-refractivity contribution in [2.24, 2.45) is 11.3 Å². The fourth-order valence-corrected chi connectivity index (χ4v) is 2.89. The Hall–Kier alpha value is -1.08. The Bertz CT molecular complexity index is 336. The van der Waals surface area contributed by atoms with Gasteiger partial charge in [0.2, 0.25) is 5.91 Å². The Kier molecular flexibility index (Phi) is 3.39. The Balaban J connectivity index is 1.90. The van der Waals surface area contributed by atoms with E-state index in [9.17, 15) is 4.79 Å². The van der Waals surface area contributed by atoms with Gasteiger partial charge in [0.25, 0.3) is 0 Å². The van der Waals surface area contributed by atoms with Gasteiger partial charge in [-0.05, 0) is 38.5 Å². The van der Waals surface area contributed by atoms with Gasteiger partial charge in [0.1, 0.15) is 5.41 Å². The summed E-state index contributed by atoms with van der Waals surface area (Å²) in [7, 11) is 0. The van der Waals surface area contributed by atoms with E-state index >= 15 is 0 Å². The summed E-state index contributed by atoms with van der Waals surface area (Å²) in [6.45, 7) is 4.82. The molecule has 1 N–H and O–H groups in total. The Morgan fingerprint density at radius 2 is 2.29 bits per heavy atom. The minimum absolute atomic E-state index is 0.00568. The molecule has 1 heterocycles. The van der Waals surface area contributed by atoms with E-state index in [1.165, 1.54) is 0 Å². The molecule has 2 aliphatic rings. The van der Waals surface area contributed by atoms with Crippen molar-refractivity contribution in [1.29, 1.82) is 5.26 Å². The van der Waals surface area contributed by atoms with Crippen LogP contribution in [-0.2, 0) is 9.53 Å². The van der Waals surface area contributed by atoms with E-state index in [1.54, 1.807) is 0 Å². The molecule has 2 fully saturated rings. The molecule has 0 spiro atoms. The van der Waals surface area contributed by atoms with Crippen molar-refractivity contribution >= 4 is 5.91 Å². The zero-order valence-corrected chi connectivity index (χ0v) is 10.5. The zero-order chi connectivity index (χ0) is 12.5. The van der Waals surface area contributed by atoms with Crippen LogP contribution in [0.3, 0.4) is 0 Å². The number of nitriles is 1. The highest BCUT2D eigenvalue weighted by molar-refractivity contribution is 5.86. The third-order valence-corrected chi connectivity index (χ3v) is 3.92. The van der Waals surface area contributed by atoms with Crippen molar-refractivity contribution in [3.05, 3.63) is 0 Å². The number of amides is 1. The minimum Gasteiger partial charge on any atom is -0.376 e. The summed E-state index contributed by atoms with van der Waals surface area (Å²) in [6.07, 6.45) is 3.55. The van der Waals surface area contributed by atoms with Crippen molar-refractivity contribution in [2.75, 3.05) is 6.61 Å². The van der Waals surface area contributed by atoms with Gasteiger partial charge in [-0.25, -0.2) is 0 Å². The predicted octanol–water partition coefficient (Wildman–Crippen LogP) is 1.61. The molecule has 1 aliphatic carbocycles. The lowest BCUT2D eigenvalue weighted by Crippen LogP contribution is -2.52. The molecule has 94 valence electrons. The number of rotatable bonds is 3. The normalized spacial score (nSPS) is 37.9. The van der Waals surface area contributed by atoms with E-state index in [0.29, 0.717) is 18.8 Å². The molecular formula is C13H20N2O2. The van der Waals surface area contributed by atoms with Crippen LogP contribution in [0.2, 0.25) is 0 Å². The van der Waals surface area contributed by atoms with Crippen LogP contribution in [0.15, 0.2) is 0 Å². The van der Waals surface area contributed by atoms with Crippen molar-refractivity contribution in [3.63, 3.8) is 0 Å². The summed E-state index contributed by atoms with van der Waals surface area (Å²) in [5, 5.41) is 12.1. The molecule has 2 rings (SSSR count). The third-order valence-electron chi connectivity index (χ3n) is 3.92. The summed E-state index contributed by atoms with van der Waals surface area (Å²) >= 11 is 0. The van der Waals surface area contributed by atoms with Crippen LogP contribution in [0.25, 0.3) is 0 Å². The van der Waals surface area contributed by atoms with Crippen molar-refractivity contribution in [1.82, 2.24) is 5.32 Å². The summed E-state index contributed by atoms with van der Waals surface area (Å²) < 4.78 is 5.54. The SMILES string of the molecule is CC1CC(C#N)(C(=O)NC(C)C2CCCO2)C1. The first kappa shape index (κ1) is 12.4. The van der Waals surface area contributed by atoms with E-state index in [2.05, 4.69) is 18.3 Å². The predicted molar refractivity (Wildman–Crippen MR) is 63.0 cm³/mol. The molecule has 1 saturated heterocycles. The van der Waals surface area contributed by atoms with E-state index in [-0.39, 0.29) is 18.1 Å². The molecule has 0 bridgehead atoms. The van der Waals surface area contributed by atoms with Gasteiger partial charge in [0.05, 0.1) is 18.2 Å². The molecule has 0 aromatic carbocycles. The van der Waals surface area contributed by atoms with Gasteiger partial charge in [-0.3, -0.25) is 4.79 Å². The maximum absolute atomic E-state index is 12.1. The fourth-order valence-electron chi connectivity index (χ4n) is 2.89. The quantitative estimate of drug-likeness (QED) is 0.809. The van der Waals surface area contributed by atoms with Gasteiger partial charge in [0.15, 0.2) is 0 Å². The number of nitrogens with one attached hydrogen (secondary N) is 1. The van der Waals surface area contributed by atoms with Crippen LogP contribution >= 0.6 is 0 Å². The first-order chi connectivity index (χ1) is 8.07. The smallest absolute Gasteiger partial charge is 0.240 e. The molecule has 0 aromatic rings. The minimum atomic E-state index is -0.772. The van der Waals surface area contributed by atoms with E-state index in [4.69, 9.17) is 10.00 Å². The maximum Gasteiger partial charge on any atom is 0.240 e. The van der Waals surface area contributed by atoms with Gasteiger partial charge in [-0.1, -0.05) is 6.92 Å². The monoisotopic (exact) mass is 236 g/mol. The van der Waals surface area contributed by atoms with Crippen LogP contribution in [0, 0.1) is 22.7 Å². The second-order valence-electron chi connectivity index (χ2n) is 5.52. The van der Waals surface area contributed by atoms with Gasteiger partial charge >= 0.3 is 0 Å². The standard InChI is InChI=1S/C13H20N2O2/c1-9-6-13(7-9,8-14)12(16)15-10(2)11-4-3-5-17-11/h9-11H,3-7H2,1-2H3,(H,15,16). The van der Waals surface area contributed by atoms with Gasteiger partial charge in [-0.15, -0.1) is 0 Å². The Labute approximate surface area is 102 Å². The van der Waals surface area contributed by atoms with Gasteiger partial charge in [0, 0.05) is 6.61 Å². The highest BCUT2D eigenvalue weighted by atomic mass is 16.5. The van der Waals surface area contributed by atoms with Crippen LogP contribution in [0.4, 0.5) is 0 Å². The lowest BCUT2D eigenvalue weighted by Gasteiger charge is -2.40. The lowest BCUT2D eigenvalue weighted by atomic mass is 9.63. The molecular weight excluding hydrogens is 216 g/mol. The average molecular weight is 236 g/mol. The highest BCUT2D eigenvalue weighted by Gasteiger charge is 2.49. The highest BCUT2D eigenvalue weighted by Crippen LogP contribution is 2.45. The number of carbonyl (C=O) groups is 1. The topological polar surface area (TPSA) is 62.1 Å². The second-order valence-corrected chi connectivity index (χ2v) is 5.52. The Morgan fingerprint density at radius 1 is 1.59 bits per heavy atom. The summed E-state index contributed by atoms with van der Waals surface area (Å²) in [5.74, 6) is 0.375. The molecule has 0 aromatic heterocycles. The van der Waals surface area contributed by atoms with Crippen LogP contribution in [-0.4, -0.2) is 24.7 Å². The summed E-state index contributed by atoms with van der Waals surface area (Å²) in [5.41, 5.74) is -0.772.